The number of nitrogens with zero attached hydrogens (tertiary/aromatic N) is 1. The highest BCUT2D eigenvalue weighted by molar-refractivity contribution is 6.24. The zero-order valence-corrected chi connectivity index (χ0v) is 24.7. The number of hydrogen-bond acceptors (Lipinski definition) is 9. The first kappa shape index (κ1) is 30.5. The van der Waals surface area contributed by atoms with Crippen molar-refractivity contribution < 1.29 is 39.6 Å². The van der Waals surface area contributed by atoms with Crippen molar-refractivity contribution in [3.05, 3.63) is 45.2 Å². The van der Waals surface area contributed by atoms with Crippen LogP contribution in [0.1, 0.15) is 86.8 Å². The zero-order valence-electron chi connectivity index (χ0n) is 24.7. The molecule has 4 rings (SSSR count). The van der Waals surface area contributed by atoms with Gasteiger partial charge in [-0.2, -0.15) is 0 Å². The number of aromatic hydroxyl groups is 1. The van der Waals surface area contributed by atoms with Gasteiger partial charge in [0.15, 0.2) is 17.2 Å². The summed E-state index contributed by atoms with van der Waals surface area (Å²) >= 11 is 0. The van der Waals surface area contributed by atoms with Gasteiger partial charge in [-0.15, -0.1) is 0 Å². The largest absolute Gasteiger partial charge is 0.508 e. The maximum atomic E-state index is 14.1. The highest BCUT2D eigenvalue weighted by atomic mass is 16.3. The van der Waals surface area contributed by atoms with E-state index in [-0.39, 0.29) is 53.1 Å². The van der Waals surface area contributed by atoms with Crippen LogP contribution in [-0.2, 0) is 20.8 Å². The van der Waals surface area contributed by atoms with Gasteiger partial charge < -0.3 is 26.2 Å². The number of phenols is 1. The Hall–Kier alpha value is -3.50. The maximum Gasteiger partial charge on any atom is 0.255 e. The molecule has 3 aliphatic carbocycles. The number of ketones is 3. The predicted molar refractivity (Wildman–Crippen MR) is 151 cm³/mol. The summed E-state index contributed by atoms with van der Waals surface area (Å²) in [5.74, 6) is -7.54. The SMILES string of the molecule is CC(C)c1cc(C(=O)CCC(C)(C)C)c(O)c2c1C[C@H]1C[C@H]3[C@H](N(C)C)C(=O)C(C(N)=O)=C(O)[C@@]3(O)C(=O)C1=C2O. The van der Waals surface area contributed by atoms with Crippen LogP contribution in [0.25, 0.3) is 5.76 Å². The van der Waals surface area contributed by atoms with Crippen LogP contribution in [0.15, 0.2) is 23.0 Å². The molecule has 0 heterocycles. The average molecular weight is 569 g/mol. The number of carbonyl (C=O) groups is 4. The fraction of sp³-hybridized carbons (Fsp3) is 0.548. The monoisotopic (exact) mass is 568 g/mol. The summed E-state index contributed by atoms with van der Waals surface area (Å²) in [6.07, 6.45) is 0.936. The highest BCUT2D eigenvalue weighted by Gasteiger charge is 2.64. The number of hydrogen-bond donors (Lipinski definition) is 5. The van der Waals surface area contributed by atoms with E-state index >= 15 is 0 Å². The minimum absolute atomic E-state index is 0.0102. The number of nitrogens with two attached hydrogens (primary N) is 1. The molecule has 0 bridgehead atoms. The number of aliphatic hydroxyl groups excluding tert-OH is 2. The lowest BCUT2D eigenvalue weighted by atomic mass is 9.57. The molecule has 10 nitrogen and oxygen atoms in total. The van der Waals surface area contributed by atoms with Gasteiger partial charge in [-0.05, 0) is 67.8 Å². The van der Waals surface area contributed by atoms with E-state index in [0.29, 0.717) is 12.0 Å². The summed E-state index contributed by atoms with van der Waals surface area (Å²) in [5, 5.41) is 45.7. The Morgan fingerprint density at radius 3 is 2.27 bits per heavy atom. The summed E-state index contributed by atoms with van der Waals surface area (Å²) < 4.78 is 0. The first-order valence-corrected chi connectivity index (χ1v) is 13.9. The number of aliphatic hydroxyl groups is 3. The second kappa shape index (κ2) is 10.1. The van der Waals surface area contributed by atoms with Gasteiger partial charge in [0.2, 0.25) is 5.78 Å². The molecule has 0 aliphatic heterocycles. The first-order chi connectivity index (χ1) is 18.8. The molecule has 10 heteroatoms. The minimum atomic E-state index is -2.71. The van der Waals surface area contributed by atoms with Gasteiger partial charge in [0.05, 0.1) is 17.2 Å². The second-order valence-electron chi connectivity index (χ2n) is 13.3. The Morgan fingerprint density at radius 2 is 1.76 bits per heavy atom. The summed E-state index contributed by atoms with van der Waals surface area (Å²) in [6, 6.07) is 0.511. The molecule has 6 N–H and O–H groups in total. The van der Waals surface area contributed by atoms with Gasteiger partial charge in [-0.1, -0.05) is 34.6 Å². The molecule has 1 amide bonds. The number of rotatable bonds is 6. The highest BCUT2D eigenvalue weighted by Crippen LogP contribution is 2.53. The van der Waals surface area contributed by atoms with Gasteiger partial charge >= 0.3 is 0 Å². The van der Waals surface area contributed by atoms with E-state index in [1.54, 1.807) is 20.2 Å². The smallest absolute Gasteiger partial charge is 0.255 e. The fourth-order valence-corrected chi connectivity index (χ4v) is 6.69. The lowest BCUT2D eigenvalue weighted by Crippen LogP contribution is -2.65. The Kier molecular flexibility index (Phi) is 7.50. The van der Waals surface area contributed by atoms with Crippen molar-refractivity contribution in [3.63, 3.8) is 0 Å². The van der Waals surface area contributed by atoms with E-state index in [2.05, 4.69) is 0 Å². The van der Waals surface area contributed by atoms with Crippen LogP contribution < -0.4 is 5.73 Å². The Balaban J connectivity index is 1.95. The molecule has 0 saturated heterocycles. The molecule has 0 aromatic heterocycles. The topological polar surface area (TPSA) is 178 Å². The summed E-state index contributed by atoms with van der Waals surface area (Å²) in [7, 11) is 3.11. The molecule has 222 valence electrons. The normalized spacial score (nSPS) is 26.3. The average Bonchev–Trinajstić information content (AvgIpc) is 2.83. The number of Topliss-reactive ketones (excluding diaryl/α,β-unsaturated/α-hetero) is 3. The van der Waals surface area contributed by atoms with Crippen molar-refractivity contribution in [3.8, 4) is 5.75 Å². The molecular weight excluding hydrogens is 528 g/mol. The van der Waals surface area contributed by atoms with Crippen molar-refractivity contribution in [1.82, 2.24) is 4.90 Å². The quantitative estimate of drug-likeness (QED) is 0.255. The minimum Gasteiger partial charge on any atom is -0.508 e. The van der Waals surface area contributed by atoms with E-state index in [9.17, 15) is 39.6 Å². The van der Waals surface area contributed by atoms with Gasteiger partial charge in [0.1, 0.15) is 22.8 Å². The zero-order chi connectivity index (χ0) is 30.9. The molecule has 1 fully saturated rings. The standard InChI is InChI=1S/C31H40N2O8/c1-13(2)15-12-17(19(34)8-9-30(3,4)5)24(35)21-16(15)10-14-11-18-23(33(6)7)26(37)22(29(32)40)28(39)31(18,41)27(38)20(14)25(21)36/h12-14,18,23,35-36,39,41H,8-11H2,1-7H3,(H2,32,40)/t14-,18-,23-,31-/m0/s1. The van der Waals surface area contributed by atoms with Gasteiger partial charge in [0.25, 0.3) is 5.91 Å². The van der Waals surface area contributed by atoms with E-state index in [1.807, 2.05) is 34.6 Å². The molecule has 0 unspecified atom stereocenters. The molecule has 4 atom stereocenters. The van der Waals surface area contributed by atoms with Crippen molar-refractivity contribution in [2.75, 3.05) is 14.1 Å². The van der Waals surface area contributed by atoms with Gasteiger partial charge in [-0.3, -0.25) is 24.1 Å². The van der Waals surface area contributed by atoms with Crippen molar-refractivity contribution >= 4 is 29.0 Å². The van der Waals surface area contributed by atoms with Gasteiger partial charge in [-0.25, -0.2) is 0 Å². The van der Waals surface area contributed by atoms with E-state index in [0.717, 1.165) is 5.56 Å². The Bertz CT molecular complexity index is 1430. The molecular formula is C31H40N2O8. The molecule has 3 aliphatic rings. The fourth-order valence-electron chi connectivity index (χ4n) is 6.69. The second-order valence-corrected chi connectivity index (χ2v) is 13.3. The number of likely N-dealkylation sites (N-methyl/N-ethyl adjacent to an activating group) is 1. The van der Waals surface area contributed by atoms with Crippen LogP contribution in [0.4, 0.5) is 0 Å². The van der Waals surface area contributed by atoms with Crippen molar-refractivity contribution in [2.45, 2.75) is 77.9 Å². The predicted octanol–water partition coefficient (Wildman–Crippen LogP) is 3.10. The molecule has 1 saturated carbocycles. The van der Waals surface area contributed by atoms with Crippen LogP contribution in [0, 0.1) is 17.3 Å². The lowest BCUT2D eigenvalue weighted by Gasteiger charge is -2.50. The summed E-state index contributed by atoms with van der Waals surface area (Å²) in [4.78, 5) is 54.2. The van der Waals surface area contributed by atoms with E-state index in [4.69, 9.17) is 5.73 Å². The van der Waals surface area contributed by atoms with Crippen LogP contribution in [0.3, 0.4) is 0 Å². The first-order valence-electron chi connectivity index (χ1n) is 13.9. The molecule has 1 aromatic carbocycles. The van der Waals surface area contributed by atoms with Crippen LogP contribution in [0.2, 0.25) is 0 Å². The van der Waals surface area contributed by atoms with Gasteiger partial charge in [0, 0.05) is 17.9 Å². The van der Waals surface area contributed by atoms with Crippen molar-refractivity contribution in [1.29, 1.82) is 0 Å². The maximum absolute atomic E-state index is 14.1. The molecule has 0 spiro atoms. The number of fused-ring (bicyclic) bond motifs is 3. The Labute approximate surface area is 239 Å². The molecule has 1 aromatic rings. The summed E-state index contributed by atoms with van der Waals surface area (Å²) in [6.45, 7) is 9.86. The number of amides is 1. The van der Waals surface area contributed by atoms with E-state index < -0.39 is 63.8 Å². The lowest BCUT2D eigenvalue weighted by molar-refractivity contribution is -0.153. The number of benzene rings is 1. The van der Waals surface area contributed by atoms with Crippen molar-refractivity contribution in [2.24, 2.45) is 23.0 Å². The molecule has 41 heavy (non-hydrogen) atoms. The van der Waals surface area contributed by atoms with Crippen LogP contribution in [-0.4, -0.2) is 74.3 Å². The van der Waals surface area contributed by atoms with E-state index in [1.165, 1.54) is 4.90 Å². The summed E-state index contributed by atoms with van der Waals surface area (Å²) in [5.41, 5.74) is 2.76. The molecule has 0 radical (unpaired) electrons. The number of primary amides is 1. The van der Waals surface area contributed by atoms with Crippen LogP contribution >= 0.6 is 0 Å². The third kappa shape index (κ3) is 4.67. The number of carbonyl (C=O) groups excluding carboxylic acids is 4. The third-order valence-corrected chi connectivity index (χ3v) is 8.78. The third-order valence-electron chi connectivity index (χ3n) is 8.78. The van der Waals surface area contributed by atoms with Crippen LogP contribution in [0.5, 0.6) is 5.75 Å². The Morgan fingerprint density at radius 1 is 1.15 bits per heavy atom. The number of phenolic OH excluding ortho intramolecular Hbond substituents is 1.